The summed E-state index contributed by atoms with van der Waals surface area (Å²) in [4.78, 5) is 23.1. The number of aliphatic carboxylic acids is 1. The molecule has 106 valence electrons. The van der Waals surface area contributed by atoms with E-state index in [1.54, 1.807) is 24.3 Å². The normalized spacial score (nSPS) is 13.3. The summed E-state index contributed by atoms with van der Waals surface area (Å²) in [6, 6.07) is 9.68. The Labute approximate surface area is 121 Å². The Balaban J connectivity index is 2.04. The van der Waals surface area contributed by atoms with Gasteiger partial charge >= 0.3 is 5.97 Å². The van der Waals surface area contributed by atoms with Crippen LogP contribution in [0.5, 0.6) is 0 Å². The molecule has 0 aromatic heterocycles. The molecule has 0 bridgehead atoms. The number of ketones is 1. The highest BCUT2D eigenvalue weighted by atomic mass is 19.1. The molecular formula is C17H13FO3. The molecule has 0 atom stereocenters. The Bertz CT molecular complexity index is 750. The molecule has 1 aliphatic rings. The number of Topliss-reactive ketones (excluding diaryl/α,β-unsaturated/α-hetero) is 1. The van der Waals surface area contributed by atoms with Crippen molar-refractivity contribution in [3.05, 3.63) is 70.0 Å². The first-order valence-corrected chi connectivity index (χ1v) is 6.67. The Morgan fingerprint density at radius 1 is 1.05 bits per heavy atom. The highest BCUT2D eigenvalue weighted by Gasteiger charge is 2.20. The third-order valence-electron chi connectivity index (χ3n) is 3.73. The van der Waals surface area contributed by atoms with Crippen molar-refractivity contribution in [1.29, 1.82) is 0 Å². The van der Waals surface area contributed by atoms with Crippen LogP contribution in [0.3, 0.4) is 0 Å². The van der Waals surface area contributed by atoms with Crippen molar-refractivity contribution in [2.45, 2.75) is 19.3 Å². The molecule has 0 saturated carbocycles. The van der Waals surface area contributed by atoms with Crippen LogP contribution in [0.2, 0.25) is 0 Å². The minimum absolute atomic E-state index is 0.0958. The molecule has 0 radical (unpaired) electrons. The SMILES string of the molecule is O=C(O)Cc1ccc2c(c1)C(=O)Cc1cc(F)ccc1C2. The molecule has 3 rings (SSSR count). The molecule has 2 aromatic carbocycles. The number of halogens is 1. The molecule has 0 aliphatic heterocycles. The van der Waals surface area contributed by atoms with Crippen LogP contribution in [-0.2, 0) is 24.1 Å². The van der Waals surface area contributed by atoms with Gasteiger partial charge in [-0.15, -0.1) is 0 Å². The summed E-state index contributed by atoms with van der Waals surface area (Å²) in [5, 5.41) is 8.84. The molecule has 21 heavy (non-hydrogen) atoms. The van der Waals surface area contributed by atoms with E-state index in [4.69, 9.17) is 5.11 Å². The minimum atomic E-state index is -0.929. The molecule has 2 aromatic rings. The summed E-state index contributed by atoms with van der Waals surface area (Å²) in [5.41, 5.74) is 3.65. The number of rotatable bonds is 2. The van der Waals surface area contributed by atoms with Crippen LogP contribution in [0.15, 0.2) is 36.4 Å². The standard InChI is InChI=1S/C17H13FO3/c18-14-4-3-11-7-12-2-1-10(6-17(20)21)5-15(12)16(19)9-13(11)8-14/h1-5,8H,6-7,9H2,(H,20,21). The van der Waals surface area contributed by atoms with Crippen molar-refractivity contribution in [2.75, 3.05) is 0 Å². The molecule has 0 unspecified atom stereocenters. The van der Waals surface area contributed by atoms with E-state index < -0.39 is 5.97 Å². The molecule has 1 aliphatic carbocycles. The maximum absolute atomic E-state index is 13.3. The zero-order valence-electron chi connectivity index (χ0n) is 11.2. The maximum Gasteiger partial charge on any atom is 0.307 e. The monoisotopic (exact) mass is 284 g/mol. The lowest BCUT2D eigenvalue weighted by atomic mass is 9.97. The van der Waals surface area contributed by atoms with E-state index in [2.05, 4.69) is 0 Å². The van der Waals surface area contributed by atoms with E-state index >= 15 is 0 Å². The number of carbonyl (C=O) groups excluding carboxylic acids is 1. The van der Waals surface area contributed by atoms with Gasteiger partial charge in [0, 0.05) is 12.0 Å². The molecule has 0 spiro atoms. The Morgan fingerprint density at radius 3 is 2.57 bits per heavy atom. The molecule has 0 heterocycles. The third-order valence-corrected chi connectivity index (χ3v) is 3.73. The van der Waals surface area contributed by atoms with Crippen LogP contribution >= 0.6 is 0 Å². The number of fused-ring (bicyclic) bond motifs is 2. The number of hydrogen-bond acceptors (Lipinski definition) is 2. The maximum atomic E-state index is 13.3. The van der Waals surface area contributed by atoms with Crippen LogP contribution in [0.1, 0.15) is 32.6 Å². The van der Waals surface area contributed by atoms with E-state index in [1.165, 1.54) is 12.1 Å². The second-order valence-electron chi connectivity index (χ2n) is 5.25. The summed E-state index contributed by atoms with van der Waals surface area (Å²) < 4.78 is 13.3. The smallest absolute Gasteiger partial charge is 0.307 e. The fraction of sp³-hybridized carbons (Fsp3) is 0.176. The molecule has 1 N–H and O–H groups in total. The van der Waals surface area contributed by atoms with Crippen LogP contribution in [0, 0.1) is 5.82 Å². The van der Waals surface area contributed by atoms with Crippen molar-refractivity contribution in [3.8, 4) is 0 Å². The van der Waals surface area contributed by atoms with Gasteiger partial charge < -0.3 is 5.11 Å². The summed E-state index contributed by atoms with van der Waals surface area (Å²) in [6.45, 7) is 0. The van der Waals surface area contributed by atoms with Gasteiger partial charge in [0.1, 0.15) is 5.82 Å². The zero-order valence-corrected chi connectivity index (χ0v) is 11.2. The molecule has 0 amide bonds. The Kier molecular flexibility index (Phi) is 3.29. The topological polar surface area (TPSA) is 54.4 Å². The number of carboxylic acid groups (broad SMARTS) is 1. The van der Waals surface area contributed by atoms with Gasteiger partial charge in [0.05, 0.1) is 6.42 Å². The van der Waals surface area contributed by atoms with Gasteiger partial charge in [0.25, 0.3) is 0 Å². The first-order valence-electron chi connectivity index (χ1n) is 6.67. The average Bonchev–Trinajstić information content (AvgIpc) is 2.54. The molecular weight excluding hydrogens is 271 g/mol. The fourth-order valence-electron chi connectivity index (χ4n) is 2.73. The van der Waals surface area contributed by atoms with Gasteiger partial charge in [-0.2, -0.15) is 0 Å². The van der Waals surface area contributed by atoms with Gasteiger partial charge in [-0.05, 0) is 46.9 Å². The molecule has 4 heteroatoms. The van der Waals surface area contributed by atoms with Crippen molar-refractivity contribution < 1.29 is 19.1 Å². The van der Waals surface area contributed by atoms with E-state index in [0.29, 0.717) is 23.1 Å². The lowest BCUT2D eigenvalue weighted by molar-refractivity contribution is -0.136. The number of benzene rings is 2. The van der Waals surface area contributed by atoms with Crippen molar-refractivity contribution in [1.82, 2.24) is 0 Å². The van der Waals surface area contributed by atoms with E-state index in [0.717, 1.165) is 11.1 Å². The van der Waals surface area contributed by atoms with Crippen LogP contribution in [-0.4, -0.2) is 16.9 Å². The number of carboxylic acids is 1. The zero-order chi connectivity index (χ0) is 15.0. The second kappa shape index (κ2) is 5.13. The largest absolute Gasteiger partial charge is 0.481 e. The van der Waals surface area contributed by atoms with Gasteiger partial charge in [-0.25, -0.2) is 4.39 Å². The average molecular weight is 284 g/mol. The number of hydrogen-bond donors (Lipinski definition) is 1. The first kappa shape index (κ1) is 13.5. The Morgan fingerprint density at radius 2 is 1.81 bits per heavy atom. The molecule has 3 nitrogen and oxygen atoms in total. The fourth-order valence-corrected chi connectivity index (χ4v) is 2.73. The highest BCUT2D eigenvalue weighted by Crippen LogP contribution is 2.26. The molecule has 0 fully saturated rings. The minimum Gasteiger partial charge on any atom is -0.481 e. The van der Waals surface area contributed by atoms with Gasteiger partial charge in [0.15, 0.2) is 5.78 Å². The second-order valence-corrected chi connectivity index (χ2v) is 5.25. The lowest BCUT2D eigenvalue weighted by Crippen LogP contribution is -2.07. The summed E-state index contributed by atoms with van der Waals surface area (Å²) in [6.07, 6.45) is 0.600. The Hall–Kier alpha value is -2.49. The van der Waals surface area contributed by atoms with Crippen molar-refractivity contribution in [2.24, 2.45) is 0 Å². The highest BCUT2D eigenvalue weighted by molar-refractivity contribution is 6.00. The van der Waals surface area contributed by atoms with Crippen molar-refractivity contribution in [3.63, 3.8) is 0 Å². The van der Waals surface area contributed by atoms with E-state index in [9.17, 15) is 14.0 Å². The molecule has 0 saturated heterocycles. The predicted molar refractivity (Wildman–Crippen MR) is 75.0 cm³/mol. The van der Waals surface area contributed by atoms with Crippen molar-refractivity contribution >= 4 is 11.8 Å². The van der Waals surface area contributed by atoms with E-state index in [1.807, 2.05) is 0 Å². The van der Waals surface area contributed by atoms with E-state index in [-0.39, 0.29) is 24.4 Å². The summed E-state index contributed by atoms with van der Waals surface area (Å²) >= 11 is 0. The van der Waals surface area contributed by atoms with Crippen LogP contribution < -0.4 is 0 Å². The van der Waals surface area contributed by atoms with Crippen LogP contribution in [0.4, 0.5) is 4.39 Å². The predicted octanol–water partition coefficient (Wildman–Crippen LogP) is 2.78. The first-order chi connectivity index (χ1) is 10.0. The van der Waals surface area contributed by atoms with Crippen LogP contribution in [0.25, 0.3) is 0 Å². The lowest BCUT2D eigenvalue weighted by Gasteiger charge is -2.07. The number of carbonyl (C=O) groups is 2. The summed E-state index contributed by atoms with van der Waals surface area (Å²) in [7, 11) is 0. The quantitative estimate of drug-likeness (QED) is 0.922. The van der Waals surface area contributed by atoms with Gasteiger partial charge in [0.2, 0.25) is 0 Å². The van der Waals surface area contributed by atoms with Gasteiger partial charge in [-0.3, -0.25) is 9.59 Å². The summed E-state index contributed by atoms with van der Waals surface area (Å²) in [5.74, 6) is -1.37. The van der Waals surface area contributed by atoms with Gasteiger partial charge in [-0.1, -0.05) is 18.2 Å². The third kappa shape index (κ3) is 2.70.